The van der Waals surface area contributed by atoms with Crippen molar-refractivity contribution < 1.29 is 5.11 Å². The van der Waals surface area contributed by atoms with E-state index < -0.39 is 0 Å². The number of rotatable bonds is 2. The van der Waals surface area contributed by atoms with Crippen LogP contribution in [0.3, 0.4) is 0 Å². The van der Waals surface area contributed by atoms with Crippen LogP contribution in [0.4, 0.5) is 0 Å². The molecule has 0 spiro atoms. The quantitative estimate of drug-likeness (QED) is 0.799. The van der Waals surface area contributed by atoms with Crippen molar-refractivity contribution in [2.45, 2.75) is 20.3 Å². The molecule has 1 heteroatoms. The Kier molecular flexibility index (Phi) is 2.95. The summed E-state index contributed by atoms with van der Waals surface area (Å²) in [6.45, 7) is 4.26. The topological polar surface area (TPSA) is 20.2 Å². The molecule has 2 aromatic rings. The maximum atomic E-state index is 9.85. The van der Waals surface area contributed by atoms with Gasteiger partial charge in [0.2, 0.25) is 0 Å². The van der Waals surface area contributed by atoms with Crippen LogP contribution in [0.15, 0.2) is 42.5 Å². The third kappa shape index (κ3) is 1.81. The van der Waals surface area contributed by atoms with Gasteiger partial charge in [-0.3, -0.25) is 0 Å². The van der Waals surface area contributed by atoms with Gasteiger partial charge in [-0.05, 0) is 36.1 Å². The maximum absolute atomic E-state index is 9.85. The highest BCUT2D eigenvalue weighted by atomic mass is 16.3. The minimum atomic E-state index is 0.346. The van der Waals surface area contributed by atoms with E-state index in [0.29, 0.717) is 5.75 Å². The van der Waals surface area contributed by atoms with Crippen molar-refractivity contribution in [3.8, 4) is 16.9 Å². The number of para-hydroxylation sites is 1. The molecular formula is C15H16O. The van der Waals surface area contributed by atoms with E-state index in [2.05, 4.69) is 26.0 Å². The summed E-state index contributed by atoms with van der Waals surface area (Å²) in [4.78, 5) is 0. The average Bonchev–Trinajstić information content (AvgIpc) is 2.31. The van der Waals surface area contributed by atoms with Crippen molar-refractivity contribution in [2.24, 2.45) is 0 Å². The average molecular weight is 212 g/mol. The first-order valence-electron chi connectivity index (χ1n) is 5.61. The van der Waals surface area contributed by atoms with Crippen LogP contribution in [-0.4, -0.2) is 5.11 Å². The van der Waals surface area contributed by atoms with Crippen molar-refractivity contribution in [3.05, 3.63) is 53.6 Å². The fourth-order valence-electron chi connectivity index (χ4n) is 2.06. The normalized spacial score (nSPS) is 10.4. The second-order valence-corrected chi connectivity index (χ2v) is 3.96. The Morgan fingerprint density at radius 3 is 2.31 bits per heavy atom. The van der Waals surface area contributed by atoms with E-state index >= 15 is 0 Å². The van der Waals surface area contributed by atoms with Crippen LogP contribution in [0.2, 0.25) is 0 Å². The minimum Gasteiger partial charge on any atom is -0.507 e. The van der Waals surface area contributed by atoms with Gasteiger partial charge in [0.1, 0.15) is 5.75 Å². The summed E-state index contributed by atoms with van der Waals surface area (Å²) in [7, 11) is 0. The molecule has 2 rings (SSSR count). The molecule has 16 heavy (non-hydrogen) atoms. The second-order valence-electron chi connectivity index (χ2n) is 3.96. The summed E-state index contributed by atoms with van der Waals surface area (Å²) in [5.74, 6) is 0.346. The van der Waals surface area contributed by atoms with Crippen molar-refractivity contribution in [3.63, 3.8) is 0 Å². The molecule has 1 N–H and O–H groups in total. The van der Waals surface area contributed by atoms with Gasteiger partial charge in [0.05, 0.1) is 0 Å². The van der Waals surface area contributed by atoms with Crippen molar-refractivity contribution in [1.29, 1.82) is 0 Å². The number of hydrogen-bond donors (Lipinski definition) is 1. The van der Waals surface area contributed by atoms with E-state index in [0.717, 1.165) is 17.5 Å². The molecule has 0 aliphatic carbocycles. The van der Waals surface area contributed by atoms with Crippen molar-refractivity contribution in [2.75, 3.05) is 0 Å². The van der Waals surface area contributed by atoms with Crippen LogP contribution < -0.4 is 0 Å². The number of phenolic OH excluding ortho intramolecular Hbond substituents is 1. The third-order valence-electron chi connectivity index (χ3n) is 3.02. The predicted molar refractivity (Wildman–Crippen MR) is 67.7 cm³/mol. The molecule has 0 aliphatic rings. The molecule has 0 saturated heterocycles. The Morgan fingerprint density at radius 1 is 0.938 bits per heavy atom. The molecule has 1 nitrogen and oxygen atoms in total. The lowest BCUT2D eigenvalue weighted by molar-refractivity contribution is 0.477. The largest absolute Gasteiger partial charge is 0.507 e. The smallest absolute Gasteiger partial charge is 0.123 e. The van der Waals surface area contributed by atoms with E-state index in [1.807, 2.05) is 24.3 Å². The highest BCUT2D eigenvalue weighted by molar-refractivity contribution is 5.73. The van der Waals surface area contributed by atoms with E-state index in [4.69, 9.17) is 0 Å². The number of benzene rings is 2. The molecule has 0 saturated carbocycles. The molecule has 0 aliphatic heterocycles. The second kappa shape index (κ2) is 4.40. The van der Waals surface area contributed by atoms with Gasteiger partial charge in [0, 0.05) is 5.56 Å². The van der Waals surface area contributed by atoms with Gasteiger partial charge in [0.25, 0.3) is 0 Å². The zero-order chi connectivity index (χ0) is 11.5. The van der Waals surface area contributed by atoms with Crippen LogP contribution in [0, 0.1) is 6.92 Å². The monoisotopic (exact) mass is 212 g/mol. The molecule has 0 unspecified atom stereocenters. The molecule has 0 atom stereocenters. The van der Waals surface area contributed by atoms with Gasteiger partial charge in [-0.2, -0.15) is 0 Å². The third-order valence-corrected chi connectivity index (χ3v) is 3.02. The zero-order valence-electron chi connectivity index (χ0n) is 9.70. The lowest BCUT2D eigenvalue weighted by Gasteiger charge is -2.11. The van der Waals surface area contributed by atoms with E-state index in [-0.39, 0.29) is 0 Å². The lowest BCUT2D eigenvalue weighted by atomic mass is 9.95. The molecule has 0 aromatic heterocycles. The number of hydrogen-bond acceptors (Lipinski definition) is 1. The van der Waals surface area contributed by atoms with E-state index in [9.17, 15) is 5.11 Å². The first-order chi connectivity index (χ1) is 7.74. The first kappa shape index (κ1) is 10.7. The Morgan fingerprint density at radius 2 is 1.62 bits per heavy atom. The standard InChI is InChI=1S/C15H16O/c1-3-12-7-6-9-13(11(12)2)14-8-4-5-10-15(14)16/h4-10,16H,3H2,1-2H3. The zero-order valence-corrected chi connectivity index (χ0v) is 9.70. The Labute approximate surface area is 96.4 Å². The van der Waals surface area contributed by atoms with Gasteiger partial charge < -0.3 is 5.11 Å². The Bertz CT molecular complexity index is 501. The van der Waals surface area contributed by atoms with Crippen LogP contribution >= 0.6 is 0 Å². The number of aryl methyl sites for hydroxylation is 1. The van der Waals surface area contributed by atoms with E-state index in [1.54, 1.807) is 6.07 Å². The van der Waals surface area contributed by atoms with E-state index in [1.165, 1.54) is 11.1 Å². The number of phenols is 1. The fraction of sp³-hybridized carbons (Fsp3) is 0.200. The van der Waals surface area contributed by atoms with Gasteiger partial charge >= 0.3 is 0 Å². The first-order valence-corrected chi connectivity index (χ1v) is 5.61. The summed E-state index contributed by atoms with van der Waals surface area (Å²) in [6.07, 6.45) is 1.02. The van der Waals surface area contributed by atoms with Crippen LogP contribution in [-0.2, 0) is 6.42 Å². The summed E-state index contributed by atoms with van der Waals surface area (Å²) >= 11 is 0. The summed E-state index contributed by atoms with van der Waals surface area (Å²) in [5.41, 5.74) is 4.63. The molecule has 0 bridgehead atoms. The predicted octanol–water partition coefficient (Wildman–Crippen LogP) is 3.93. The van der Waals surface area contributed by atoms with Crippen LogP contribution in [0.25, 0.3) is 11.1 Å². The summed E-state index contributed by atoms with van der Waals surface area (Å²) in [6, 6.07) is 13.7. The Balaban J connectivity index is 2.61. The SMILES string of the molecule is CCc1cccc(-c2ccccc2O)c1C. The highest BCUT2D eigenvalue weighted by Gasteiger charge is 2.07. The van der Waals surface area contributed by atoms with Crippen LogP contribution in [0.1, 0.15) is 18.1 Å². The van der Waals surface area contributed by atoms with Gasteiger partial charge in [-0.1, -0.05) is 43.3 Å². The van der Waals surface area contributed by atoms with Gasteiger partial charge in [-0.15, -0.1) is 0 Å². The summed E-state index contributed by atoms with van der Waals surface area (Å²) in [5, 5.41) is 9.85. The molecule has 0 heterocycles. The fourth-order valence-corrected chi connectivity index (χ4v) is 2.06. The highest BCUT2D eigenvalue weighted by Crippen LogP contribution is 2.32. The molecule has 82 valence electrons. The Hall–Kier alpha value is -1.76. The van der Waals surface area contributed by atoms with Crippen molar-refractivity contribution in [1.82, 2.24) is 0 Å². The number of aromatic hydroxyl groups is 1. The molecular weight excluding hydrogens is 196 g/mol. The molecule has 0 fully saturated rings. The van der Waals surface area contributed by atoms with Gasteiger partial charge in [0.15, 0.2) is 0 Å². The van der Waals surface area contributed by atoms with Gasteiger partial charge in [-0.25, -0.2) is 0 Å². The summed E-state index contributed by atoms with van der Waals surface area (Å²) < 4.78 is 0. The lowest BCUT2D eigenvalue weighted by Crippen LogP contribution is -1.90. The maximum Gasteiger partial charge on any atom is 0.123 e. The molecule has 2 aromatic carbocycles. The van der Waals surface area contributed by atoms with Crippen molar-refractivity contribution >= 4 is 0 Å². The minimum absolute atomic E-state index is 0.346. The van der Waals surface area contributed by atoms with Crippen LogP contribution in [0.5, 0.6) is 5.75 Å². The molecule has 0 amide bonds. The molecule has 0 radical (unpaired) electrons.